The van der Waals surface area contributed by atoms with Crippen molar-refractivity contribution in [2.75, 3.05) is 6.54 Å². The van der Waals surface area contributed by atoms with Crippen molar-refractivity contribution in [2.24, 2.45) is 5.73 Å². The average molecular weight is 241 g/mol. The van der Waals surface area contributed by atoms with Crippen LogP contribution in [0, 0.1) is 0 Å². The first-order chi connectivity index (χ1) is 7.61. The first kappa shape index (κ1) is 10.4. The molecule has 1 aromatic rings. The summed E-state index contributed by atoms with van der Waals surface area (Å²) in [4.78, 5) is 0. The van der Waals surface area contributed by atoms with E-state index in [1.54, 1.807) is 0 Å². The maximum absolute atomic E-state index is 11.5. The van der Waals surface area contributed by atoms with Gasteiger partial charge in [0.2, 0.25) is 0 Å². The number of sulfone groups is 1. The topological polar surface area (TPSA) is 73.3 Å². The zero-order chi connectivity index (χ0) is 11.3. The van der Waals surface area contributed by atoms with Crippen LogP contribution in [0.5, 0.6) is 0 Å². The second-order valence-corrected chi connectivity index (χ2v) is 6.76. The van der Waals surface area contributed by atoms with Gasteiger partial charge in [-0.1, -0.05) is 0 Å². The van der Waals surface area contributed by atoms with Crippen molar-refractivity contribution in [2.45, 2.75) is 36.7 Å². The molecule has 2 N–H and O–H groups in total. The van der Waals surface area contributed by atoms with Crippen LogP contribution < -0.4 is 5.73 Å². The number of furan rings is 1. The van der Waals surface area contributed by atoms with Crippen molar-refractivity contribution in [3.63, 3.8) is 0 Å². The number of hydrogen-bond donors (Lipinski definition) is 1. The van der Waals surface area contributed by atoms with Crippen molar-refractivity contribution in [3.8, 4) is 0 Å². The minimum Gasteiger partial charge on any atom is -0.464 e. The van der Waals surface area contributed by atoms with E-state index in [9.17, 15) is 8.42 Å². The van der Waals surface area contributed by atoms with Crippen LogP contribution in [0.2, 0.25) is 0 Å². The molecule has 0 spiro atoms. The van der Waals surface area contributed by atoms with E-state index in [-0.39, 0.29) is 11.5 Å². The highest BCUT2D eigenvalue weighted by Crippen LogP contribution is 2.46. The molecule has 0 atom stereocenters. The molecule has 1 saturated carbocycles. The van der Waals surface area contributed by atoms with E-state index in [2.05, 4.69) is 0 Å². The summed E-state index contributed by atoms with van der Waals surface area (Å²) in [5.74, 6) is 2.44. The minimum absolute atomic E-state index is 0.0760. The predicted molar refractivity (Wildman–Crippen MR) is 59.8 cm³/mol. The van der Waals surface area contributed by atoms with Crippen LogP contribution in [-0.2, 0) is 27.8 Å². The molecule has 1 fully saturated rings. The van der Waals surface area contributed by atoms with Crippen molar-refractivity contribution < 1.29 is 12.8 Å². The normalized spacial score (nSPS) is 22.3. The second kappa shape index (κ2) is 3.34. The van der Waals surface area contributed by atoms with Crippen molar-refractivity contribution in [3.05, 3.63) is 22.6 Å². The van der Waals surface area contributed by atoms with Crippen LogP contribution in [0.15, 0.2) is 4.42 Å². The Morgan fingerprint density at radius 1 is 1.31 bits per heavy atom. The summed E-state index contributed by atoms with van der Waals surface area (Å²) in [7, 11) is -2.96. The molecule has 2 heterocycles. The van der Waals surface area contributed by atoms with Gasteiger partial charge in [0.05, 0.1) is 5.75 Å². The van der Waals surface area contributed by atoms with E-state index in [1.165, 1.54) is 0 Å². The van der Waals surface area contributed by atoms with Gasteiger partial charge >= 0.3 is 0 Å². The summed E-state index contributed by atoms with van der Waals surface area (Å²) < 4.78 is 28.8. The first-order valence-electron chi connectivity index (χ1n) is 5.64. The number of hydrogen-bond acceptors (Lipinski definition) is 4. The Hall–Kier alpha value is -0.810. The third-order valence-electron chi connectivity index (χ3n) is 3.29. The second-order valence-electron chi connectivity index (χ2n) is 4.69. The van der Waals surface area contributed by atoms with E-state index < -0.39 is 9.84 Å². The Kier molecular flexibility index (Phi) is 2.16. The van der Waals surface area contributed by atoms with Crippen LogP contribution in [-0.4, -0.2) is 15.0 Å². The van der Waals surface area contributed by atoms with Crippen LogP contribution >= 0.6 is 0 Å². The molecule has 3 rings (SSSR count). The maximum Gasteiger partial charge on any atom is 0.161 e. The molecule has 0 unspecified atom stereocenters. The zero-order valence-electron chi connectivity index (χ0n) is 9.03. The van der Waals surface area contributed by atoms with Crippen molar-refractivity contribution in [1.82, 2.24) is 0 Å². The fourth-order valence-corrected chi connectivity index (χ4v) is 3.93. The summed E-state index contributed by atoms with van der Waals surface area (Å²) in [6.45, 7) is 0.547. The molecule has 1 aliphatic carbocycles. The third kappa shape index (κ3) is 1.58. The summed E-state index contributed by atoms with van der Waals surface area (Å²) >= 11 is 0. The Balaban J connectivity index is 2.06. The largest absolute Gasteiger partial charge is 0.464 e. The third-order valence-corrected chi connectivity index (χ3v) is 4.72. The molecule has 4 nitrogen and oxygen atoms in total. The van der Waals surface area contributed by atoms with Gasteiger partial charge in [0.25, 0.3) is 0 Å². The smallest absolute Gasteiger partial charge is 0.161 e. The Morgan fingerprint density at radius 3 is 2.69 bits per heavy atom. The molecule has 88 valence electrons. The Morgan fingerprint density at radius 2 is 2.06 bits per heavy atom. The molecule has 2 aliphatic rings. The van der Waals surface area contributed by atoms with Gasteiger partial charge in [-0.25, -0.2) is 8.42 Å². The summed E-state index contributed by atoms with van der Waals surface area (Å²) in [5, 5.41) is 0. The molecule has 1 aromatic heterocycles. The molecule has 0 amide bonds. The summed E-state index contributed by atoms with van der Waals surface area (Å²) in [6.07, 6.45) is 3.06. The lowest BCUT2D eigenvalue weighted by Crippen LogP contribution is -2.06. The van der Waals surface area contributed by atoms with Crippen molar-refractivity contribution >= 4 is 9.84 Å². The molecule has 0 aromatic carbocycles. The lowest BCUT2D eigenvalue weighted by molar-refractivity contribution is 0.475. The predicted octanol–water partition coefficient (Wildman–Crippen LogP) is 1.09. The van der Waals surface area contributed by atoms with Gasteiger partial charge in [0.15, 0.2) is 9.84 Å². The molecular weight excluding hydrogens is 226 g/mol. The highest BCUT2D eigenvalue weighted by atomic mass is 32.2. The summed E-state index contributed by atoms with van der Waals surface area (Å²) in [6, 6.07) is 0. The average Bonchev–Trinajstić information content (AvgIpc) is 2.92. The van der Waals surface area contributed by atoms with E-state index in [0.717, 1.165) is 36.1 Å². The number of rotatable bonds is 3. The van der Waals surface area contributed by atoms with Gasteiger partial charge < -0.3 is 10.2 Å². The fourth-order valence-electron chi connectivity index (χ4n) is 2.42. The van der Waals surface area contributed by atoms with Gasteiger partial charge in [-0.15, -0.1) is 0 Å². The first-order valence-corrected chi connectivity index (χ1v) is 7.46. The van der Waals surface area contributed by atoms with E-state index in [4.69, 9.17) is 10.2 Å². The lowest BCUT2D eigenvalue weighted by Gasteiger charge is -2.01. The standard InChI is InChI=1S/C11H15NO3S/c12-4-3-8-9-5-16(13,14)6-10(9)15-11(8)7-1-2-7/h7H,1-6,12H2. The zero-order valence-corrected chi connectivity index (χ0v) is 9.85. The van der Waals surface area contributed by atoms with Gasteiger partial charge in [-0.2, -0.15) is 0 Å². The highest BCUT2D eigenvalue weighted by molar-refractivity contribution is 7.90. The molecule has 0 saturated heterocycles. The highest BCUT2D eigenvalue weighted by Gasteiger charge is 2.37. The van der Waals surface area contributed by atoms with Crippen LogP contribution in [0.25, 0.3) is 0 Å². The quantitative estimate of drug-likeness (QED) is 0.859. The lowest BCUT2D eigenvalue weighted by atomic mass is 10.0. The van der Waals surface area contributed by atoms with E-state index >= 15 is 0 Å². The molecule has 0 bridgehead atoms. The fraction of sp³-hybridized carbons (Fsp3) is 0.636. The molecule has 16 heavy (non-hydrogen) atoms. The summed E-state index contributed by atoms with van der Waals surface area (Å²) in [5.41, 5.74) is 7.57. The van der Waals surface area contributed by atoms with Gasteiger partial charge in [0.1, 0.15) is 17.3 Å². The molecular formula is C11H15NO3S. The number of nitrogens with two attached hydrogens (primary N) is 1. The Bertz CT molecular complexity index is 526. The van der Waals surface area contributed by atoms with Gasteiger partial charge in [-0.3, -0.25) is 0 Å². The monoisotopic (exact) mass is 241 g/mol. The molecule has 5 heteroatoms. The van der Waals surface area contributed by atoms with Crippen LogP contribution in [0.4, 0.5) is 0 Å². The van der Waals surface area contributed by atoms with Crippen molar-refractivity contribution in [1.29, 1.82) is 0 Å². The molecule has 1 aliphatic heterocycles. The SMILES string of the molecule is NCCc1c(C2CC2)oc2c1CS(=O)(=O)C2. The number of fused-ring (bicyclic) bond motifs is 1. The van der Waals surface area contributed by atoms with Crippen LogP contribution in [0.1, 0.15) is 41.4 Å². The maximum atomic E-state index is 11.5. The van der Waals surface area contributed by atoms with Gasteiger partial charge in [0, 0.05) is 11.5 Å². The van der Waals surface area contributed by atoms with E-state index in [1.807, 2.05) is 0 Å². The van der Waals surface area contributed by atoms with E-state index in [0.29, 0.717) is 18.2 Å². The molecule has 0 radical (unpaired) electrons. The van der Waals surface area contributed by atoms with Gasteiger partial charge in [-0.05, 0) is 31.4 Å². The van der Waals surface area contributed by atoms with Crippen LogP contribution in [0.3, 0.4) is 0 Å². The minimum atomic E-state index is -2.96. The Labute approximate surface area is 94.7 Å².